The molecule has 15 heavy (non-hydrogen) atoms. The summed E-state index contributed by atoms with van der Waals surface area (Å²) in [6.07, 6.45) is 0. The Labute approximate surface area is 99.6 Å². The third-order valence-corrected chi connectivity index (χ3v) is 2.71. The Bertz CT molecular complexity index is 353. The maximum atomic E-state index is 13.2. The third kappa shape index (κ3) is 3.33. The van der Waals surface area contributed by atoms with E-state index in [0.717, 1.165) is 5.56 Å². The van der Waals surface area contributed by atoms with Crippen molar-refractivity contribution in [1.29, 1.82) is 0 Å². The highest BCUT2D eigenvalue weighted by molar-refractivity contribution is 6.35. The van der Waals surface area contributed by atoms with Crippen LogP contribution in [0.1, 0.15) is 32.4 Å². The molecule has 1 nitrogen and oxygen atoms in total. The summed E-state index contributed by atoms with van der Waals surface area (Å²) in [5.74, 6) is -0.437. The SMILES string of the molecule is CC(C)N[C@@H](C)c1cc(F)c(Cl)cc1Cl. The van der Waals surface area contributed by atoms with E-state index in [2.05, 4.69) is 5.32 Å². The highest BCUT2D eigenvalue weighted by Crippen LogP contribution is 2.28. The summed E-state index contributed by atoms with van der Waals surface area (Å²) in [7, 11) is 0. The maximum absolute atomic E-state index is 13.2. The molecule has 84 valence electrons. The van der Waals surface area contributed by atoms with E-state index in [1.807, 2.05) is 20.8 Å². The van der Waals surface area contributed by atoms with Crippen molar-refractivity contribution >= 4 is 23.2 Å². The quantitative estimate of drug-likeness (QED) is 0.793. The van der Waals surface area contributed by atoms with Crippen LogP contribution in [0, 0.1) is 5.82 Å². The number of hydrogen-bond acceptors (Lipinski definition) is 1. The Kier molecular flexibility index (Phi) is 4.38. The normalized spacial score (nSPS) is 13.3. The Morgan fingerprint density at radius 3 is 2.27 bits per heavy atom. The summed E-state index contributed by atoms with van der Waals surface area (Å²) in [5, 5.41) is 3.80. The summed E-state index contributed by atoms with van der Waals surface area (Å²) in [4.78, 5) is 0. The molecule has 0 aromatic heterocycles. The molecule has 1 aromatic carbocycles. The van der Waals surface area contributed by atoms with Gasteiger partial charge in [0.1, 0.15) is 5.82 Å². The van der Waals surface area contributed by atoms with Crippen molar-refractivity contribution in [2.45, 2.75) is 32.9 Å². The maximum Gasteiger partial charge on any atom is 0.142 e. The molecule has 0 fully saturated rings. The Morgan fingerprint density at radius 2 is 1.73 bits per heavy atom. The van der Waals surface area contributed by atoms with E-state index >= 15 is 0 Å². The molecule has 1 aromatic rings. The van der Waals surface area contributed by atoms with Gasteiger partial charge in [-0.3, -0.25) is 0 Å². The first-order valence-corrected chi connectivity index (χ1v) is 5.58. The van der Waals surface area contributed by atoms with Crippen molar-refractivity contribution in [2.75, 3.05) is 0 Å². The van der Waals surface area contributed by atoms with Gasteiger partial charge in [0.05, 0.1) is 5.02 Å². The zero-order valence-electron chi connectivity index (χ0n) is 8.94. The smallest absolute Gasteiger partial charge is 0.142 e. The fourth-order valence-corrected chi connectivity index (χ4v) is 2.01. The van der Waals surface area contributed by atoms with Gasteiger partial charge in [-0.1, -0.05) is 37.0 Å². The average Bonchev–Trinajstić information content (AvgIpc) is 2.09. The largest absolute Gasteiger partial charge is 0.308 e. The van der Waals surface area contributed by atoms with Crippen LogP contribution in [0.3, 0.4) is 0 Å². The van der Waals surface area contributed by atoms with Gasteiger partial charge in [-0.2, -0.15) is 0 Å². The molecule has 0 amide bonds. The second-order valence-electron chi connectivity index (χ2n) is 3.83. The lowest BCUT2D eigenvalue weighted by Crippen LogP contribution is -2.26. The molecule has 1 N–H and O–H groups in total. The Hall–Kier alpha value is -0.310. The molecule has 0 aliphatic carbocycles. The first-order chi connectivity index (χ1) is 6.91. The van der Waals surface area contributed by atoms with Crippen LogP contribution in [0.25, 0.3) is 0 Å². The van der Waals surface area contributed by atoms with Crippen LogP contribution < -0.4 is 5.32 Å². The molecule has 0 aliphatic rings. The van der Waals surface area contributed by atoms with E-state index < -0.39 is 5.82 Å². The topological polar surface area (TPSA) is 12.0 Å². The zero-order valence-corrected chi connectivity index (χ0v) is 10.5. The highest BCUT2D eigenvalue weighted by atomic mass is 35.5. The van der Waals surface area contributed by atoms with Gasteiger partial charge in [-0.25, -0.2) is 4.39 Å². The van der Waals surface area contributed by atoms with E-state index in [0.29, 0.717) is 11.1 Å². The standard InChI is InChI=1S/C11H14Cl2FN/c1-6(2)15-7(3)8-4-11(14)10(13)5-9(8)12/h4-7,15H,1-3H3/t7-/m0/s1. The fourth-order valence-electron chi connectivity index (χ4n) is 1.46. The van der Waals surface area contributed by atoms with Gasteiger partial charge < -0.3 is 5.32 Å². The van der Waals surface area contributed by atoms with Crippen molar-refractivity contribution in [1.82, 2.24) is 5.32 Å². The summed E-state index contributed by atoms with van der Waals surface area (Å²) in [5.41, 5.74) is 0.729. The third-order valence-electron chi connectivity index (χ3n) is 2.09. The zero-order chi connectivity index (χ0) is 11.6. The lowest BCUT2D eigenvalue weighted by molar-refractivity contribution is 0.503. The minimum Gasteiger partial charge on any atom is -0.308 e. The Morgan fingerprint density at radius 1 is 1.13 bits per heavy atom. The lowest BCUT2D eigenvalue weighted by Gasteiger charge is -2.18. The number of benzene rings is 1. The molecule has 0 heterocycles. The van der Waals surface area contributed by atoms with Crippen molar-refractivity contribution in [3.05, 3.63) is 33.6 Å². The number of halogens is 3. The molecule has 0 bridgehead atoms. The molecular weight excluding hydrogens is 236 g/mol. The van der Waals surface area contributed by atoms with Crippen LogP contribution >= 0.6 is 23.2 Å². The minimum atomic E-state index is -0.437. The molecule has 1 atom stereocenters. The fraction of sp³-hybridized carbons (Fsp3) is 0.455. The van der Waals surface area contributed by atoms with Crippen molar-refractivity contribution in [3.8, 4) is 0 Å². The van der Waals surface area contributed by atoms with Crippen molar-refractivity contribution < 1.29 is 4.39 Å². The second-order valence-corrected chi connectivity index (χ2v) is 4.65. The van der Waals surface area contributed by atoms with Gasteiger partial charge in [0, 0.05) is 17.1 Å². The van der Waals surface area contributed by atoms with E-state index in [-0.39, 0.29) is 11.1 Å². The van der Waals surface area contributed by atoms with E-state index in [9.17, 15) is 4.39 Å². The predicted molar refractivity (Wildman–Crippen MR) is 63.1 cm³/mol. The van der Waals surface area contributed by atoms with Crippen LogP contribution in [0.5, 0.6) is 0 Å². The molecular formula is C11H14Cl2FN. The van der Waals surface area contributed by atoms with Crippen LogP contribution in [0.2, 0.25) is 10.0 Å². The van der Waals surface area contributed by atoms with Crippen LogP contribution in [-0.4, -0.2) is 6.04 Å². The molecule has 0 unspecified atom stereocenters. The van der Waals surface area contributed by atoms with Gasteiger partial charge in [0.2, 0.25) is 0 Å². The molecule has 4 heteroatoms. The van der Waals surface area contributed by atoms with Crippen LogP contribution in [0.15, 0.2) is 12.1 Å². The second kappa shape index (κ2) is 5.15. The Balaban J connectivity index is 2.98. The summed E-state index contributed by atoms with van der Waals surface area (Å²) in [6, 6.07) is 3.14. The van der Waals surface area contributed by atoms with E-state index in [1.165, 1.54) is 12.1 Å². The summed E-state index contributed by atoms with van der Waals surface area (Å²) < 4.78 is 13.2. The summed E-state index contributed by atoms with van der Waals surface area (Å²) >= 11 is 11.6. The van der Waals surface area contributed by atoms with Crippen molar-refractivity contribution in [2.24, 2.45) is 0 Å². The van der Waals surface area contributed by atoms with Gasteiger partial charge >= 0.3 is 0 Å². The number of rotatable bonds is 3. The van der Waals surface area contributed by atoms with Crippen LogP contribution in [0.4, 0.5) is 4.39 Å². The first kappa shape index (κ1) is 12.8. The molecule has 0 aliphatic heterocycles. The molecule has 0 saturated heterocycles. The van der Waals surface area contributed by atoms with Gasteiger partial charge in [-0.05, 0) is 24.6 Å². The predicted octanol–water partition coefficient (Wildman–Crippen LogP) is 4.19. The van der Waals surface area contributed by atoms with Gasteiger partial charge in [-0.15, -0.1) is 0 Å². The minimum absolute atomic E-state index is 0.00395. The molecule has 0 radical (unpaired) electrons. The highest BCUT2D eigenvalue weighted by Gasteiger charge is 2.13. The van der Waals surface area contributed by atoms with Gasteiger partial charge in [0.25, 0.3) is 0 Å². The molecule has 0 saturated carbocycles. The van der Waals surface area contributed by atoms with E-state index in [1.54, 1.807) is 0 Å². The van der Waals surface area contributed by atoms with Gasteiger partial charge in [0.15, 0.2) is 0 Å². The first-order valence-electron chi connectivity index (χ1n) is 4.82. The average molecular weight is 250 g/mol. The summed E-state index contributed by atoms with van der Waals surface area (Å²) in [6.45, 7) is 5.99. The van der Waals surface area contributed by atoms with E-state index in [4.69, 9.17) is 23.2 Å². The number of hydrogen-bond donors (Lipinski definition) is 1. The lowest BCUT2D eigenvalue weighted by atomic mass is 10.1. The molecule has 0 spiro atoms. The molecule has 1 rings (SSSR count). The van der Waals surface area contributed by atoms with Crippen LogP contribution in [-0.2, 0) is 0 Å². The van der Waals surface area contributed by atoms with Crippen molar-refractivity contribution in [3.63, 3.8) is 0 Å². The monoisotopic (exact) mass is 249 g/mol. The number of nitrogens with one attached hydrogen (secondary N) is 1.